The average Bonchev–Trinajstić information content (AvgIpc) is 2.70. The van der Waals surface area contributed by atoms with Crippen LogP contribution in [0.5, 0.6) is 5.75 Å². The monoisotopic (exact) mass is 185 g/mol. The van der Waals surface area contributed by atoms with Crippen LogP contribution in [-0.4, -0.2) is 15.3 Å². The third kappa shape index (κ3) is 1.31. The van der Waals surface area contributed by atoms with Crippen molar-refractivity contribution in [1.82, 2.24) is 10.2 Å². The van der Waals surface area contributed by atoms with E-state index in [9.17, 15) is 5.11 Å². The molecule has 0 unspecified atom stereocenters. The Morgan fingerprint density at radius 1 is 1.36 bits per heavy atom. The first kappa shape index (κ1) is 8.32. The van der Waals surface area contributed by atoms with Crippen LogP contribution < -0.4 is 0 Å². The summed E-state index contributed by atoms with van der Waals surface area (Å²) < 4.78 is 0. The highest BCUT2D eigenvalue weighted by Crippen LogP contribution is 2.24. The summed E-state index contributed by atoms with van der Waals surface area (Å²) in [6.07, 6.45) is 1.70. The molecule has 4 nitrogen and oxygen atoms in total. The van der Waals surface area contributed by atoms with Crippen molar-refractivity contribution in [2.24, 2.45) is 0 Å². The molecule has 2 aromatic rings. The number of rotatable bonds is 1. The Morgan fingerprint density at radius 3 is 2.79 bits per heavy atom. The van der Waals surface area contributed by atoms with Gasteiger partial charge < -0.3 is 5.11 Å². The lowest BCUT2D eigenvalue weighted by molar-refractivity contribution is 0.474. The molecule has 1 heterocycles. The highest BCUT2D eigenvalue weighted by Gasteiger charge is 2.04. The highest BCUT2D eigenvalue weighted by atomic mass is 16.3. The predicted octanol–water partition coefficient (Wildman–Crippen LogP) is 1.65. The highest BCUT2D eigenvalue weighted by molar-refractivity contribution is 5.63. The molecule has 0 fully saturated rings. The van der Waals surface area contributed by atoms with Crippen LogP contribution in [0, 0.1) is 11.3 Å². The molecule has 68 valence electrons. The van der Waals surface area contributed by atoms with Crippen LogP contribution in [0.15, 0.2) is 30.5 Å². The summed E-state index contributed by atoms with van der Waals surface area (Å²) in [6.45, 7) is 0. The van der Waals surface area contributed by atoms with Crippen LogP contribution in [0.1, 0.15) is 5.56 Å². The summed E-state index contributed by atoms with van der Waals surface area (Å²) in [5, 5.41) is 24.7. The lowest BCUT2D eigenvalue weighted by atomic mass is 10.1. The fourth-order valence-corrected chi connectivity index (χ4v) is 1.21. The van der Waals surface area contributed by atoms with Gasteiger partial charge in [-0.3, -0.25) is 5.10 Å². The zero-order valence-corrected chi connectivity index (χ0v) is 7.23. The summed E-state index contributed by atoms with van der Waals surface area (Å²) in [6, 6.07) is 8.52. The second-order valence-electron chi connectivity index (χ2n) is 2.80. The second kappa shape index (κ2) is 3.23. The van der Waals surface area contributed by atoms with E-state index in [1.165, 1.54) is 6.07 Å². The topological polar surface area (TPSA) is 72.7 Å². The number of benzene rings is 1. The SMILES string of the molecule is N#Cc1ccc(-c2cc[nH]n2)cc1O. The molecule has 0 aliphatic carbocycles. The van der Waals surface area contributed by atoms with E-state index < -0.39 is 0 Å². The minimum absolute atomic E-state index is 0.0204. The van der Waals surface area contributed by atoms with Crippen LogP contribution >= 0.6 is 0 Å². The molecule has 0 saturated heterocycles. The fraction of sp³-hybridized carbons (Fsp3) is 0. The Balaban J connectivity index is 2.49. The van der Waals surface area contributed by atoms with E-state index in [4.69, 9.17) is 5.26 Å². The molecule has 0 aliphatic rings. The van der Waals surface area contributed by atoms with Crippen molar-refractivity contribution in [2.75, 3.05) is 0 Å². The first-order valence-corrected chi connectivity index (χ1v) is 4.04. The largest absolute Gasteiger partial charge is 0.507 e. The molecule has 0 radical (unpaired) electrons. The molecule has 14 heavy (non-hydrogen) atoms. The number of nitrogens with zero attached hydrogens (tertiary/aromatic N) is 2. The lowest BCUT2D eigenvalue weighted by Crippen LogP contribution is -1.81. The zero-order chi connectivity index (χ0) is 9.97. The second-order valence-corrected chi connectivity index (χ2v) is 2.80. The fourth-order valence-electron chi connectivity index (χ4n) is 1.21. The number of hydrogen-bond donors (Lipinski definition) is 2. The van der Waals surface area contributed by atoms with E-state index in [1.807, 2.05) is 6.07 Å². The normalized spacial score (nSPS) is 9.64. The van der Waals surface area contributed by atoms with Crippen LogP contribution in [0.3, 0.4) is 0 Å². The molecule has 2 N–H and O–H groups in total. The maximum Gasteiger partial charge on any atom is 0.134 e. The molecule has 0 saturated carbocycles. The minimum Gasteiger partial charge on any atom is -0.507 e. The Bertz CT molecular complexity index is 483. The van der Waals surface area contributed by atoms with Gasteiger partial charge in [0.2, 0.25) is 0 Å². The van der Waals surface area contributed by atoms with Crippen molar-refractivity contribution in [3.05, 3.63) is 36.0 Å². The number of aromatic hydroxyl groups is 1. The minimum atomic E-state index is -0.0204. The number of nitriles is 1. The quantitative estimate of drug-likeness (QED) is 0.709. The number of H-pyrrole nitrogens is 1. The smallest absolute Gasteiger partial charge is 0.134 e. The molecule has 1 aromatic carbocycles. The predicted molar refractivity (Wildman–Crippen MR) is 50.4 cm³/mol. The molecule has 0 bridgehead atoms. The zero-order valence-electron chi connectivity index (χ0n) is 7.23. The maximum atomic E-state index is 9.43. The molecule has 4 heteroatoms. The molecule has 0 aliphatic heterocycles. The molecular formula is C10H7N3O. The van der Waals surface area contributed by atoms with E-state index in [0.717, 1.165) is 11.3 Å². The van der Waals surface area contributed by atoms with Crippen molar-refractivity contribution >= 4 is 0 Å². The third-order valence-electron chi connectivity index (χ3n) is 1.91. The summed E-state index contributed by atoms with van der Waals surface area (Å²) in [5.41, 5.74) is 1.79. The van der Waals surface area contributed by atoms with Crippen LogP contribution in [0.4, 0.5) is 0 Å². The van der Waals surface area contributed by atoms with Crippen LogP contribution in [0.25, 0.3) is 11.3 Å². The van der Waals surface area contributed by atoms with Gasteiger partial charge >= 0.3 is 0 Å². The van der Waals surface area contributed by atoms with Gasteiger partial charge in [-0.25, -0.2) is 0 Å². The number of phenols is 1. The van der Waals surface area contributed by atoms with E-state index in [-0.39, 0.29) is 11.3 Å². The van der Waals surface area contributed by atoms with E-state index in [2.05, 4.69) is 10.2 Å². The van der Waals surface area contributed by atoms with Gasteiger partial charge in [0.25, 0.3) is 0 Å². The van der Waals surface area contributed by atoms with Gasteiger partial charge in [0.1, 0.15) is 11.8 Å². The number of phenolic OH excluding ortho intramolecular Hbond substituents is 1. The third-order valence-corrected chi connectivity index (χ3v) is 1.91. The number of aromatic nitrogens is 2. The lowest BCUT2D eigenvalue weighted by Gasteiger charge is -1.98. The van der Waals surface area contributed by atoms with E-state index in [0.29, 0.717) is 0 Å². The van der Waals surface area contributed by atoms with Gasteiger partial charge in [0.05, 0.1) is 11.3 Å². The Hall–Kier alpha value is -2.28. The number of hydrogen-bond acceptors (Lipinski definition) is 3. The van der Waals surface area contributed by atoms with Crippen molar-refractivity contribution in [2.45, 2.75) is 0 Å². The number of aromatic amines is 1. The first-order chi connectivity index (χ1) is 6.81. The first-order valence-electron chi connectivity index (χ1n) is 4.04. The van der Waals surface area contributed by atoms with Gasteiger partial charge in [-0.2, -0.15) is 10.4 Å². The average molecular weight is 185 g/mol. The van der Waals surface area contributed by atoms with Crippen molar-refractivity contribution in [1.29, 1.82) is 5.26 Å². The summed E-state index contributed by atoms with van der Waals surface area (Å²) >= 11 is 0. The van der Waals surface area contributed by atoms with Crippen molar-refractivity contribution < 1.29 is 5.11 Å². The maximum absolute atomic E-state index is 9.43. The van der Waals surface area contributed by atoms with Gasteiger partial charge in [0, 0.05) is 11.8 Å². The van der Waals surface area contributed by atoms with Gasteiger partial charge in [-0.05, 0) is 18.2 Å². The summed E-state index contributed by atoms with van der Waals surface area (Å²) in [5.74, 6) is -0.0204. The van der Waals surface area contributed by atoms with Gasteiger partial charge in [0.15, 0.2) is 0 Å². The molecule has 2 rings (SSSR count). The Morgan fingerprint density at radius 2 is 2.21 bits per heavy atom. The summed E-state index contributed by atoms with van der Waals surface area (Å²) in [7, 11) is 0. The Labute approximate surface area is 80.4 Å². The van der Waals surface area contributed by atoms with Crippen LogP contribution in [0.2, 0.25) is 0 Å². The summed E-state index contributed by atoms with van der Waals surface area (Å²) in [4.78, 5) is 0. The molecule has 1 aromatic heterocycles. The molecule has 0 amide bonds. The van der Waals surface area contributed by atoms with E-state index in [1.54, 1.807) is 24.4 Å². The molecule has 0 spiro atoms. The van der Waals surface area contributed by atoms with Gasteiger partial charge in [-0.15, -0.1) is 0 Å². The number of nitrogens with one attached hydrogen (secondary N) is 1. The van der Waals surface area contributed by atoms with Crippen molar-refractivity contribution in [3.63, 3.8) is 0 Å². The van der Waals surface area contributed by atoms with Crippen molar-refractivity contribution in [3.8, 4) is 23.1 Å². The molecular weight excluding hydrogens is 178 g/mol. The van der Waals surface area contributed by atoms with Crippen LogP contribution in [-0.2, 0) is 0 Å². The standard InChI is InChI=1S/C10H7N3O/c11-6-8-2-1-7(5-10(8)14)9-3-4-12-13-9/h1-5,14H,(H,12,13). The van der Waals surface area contributed by atoms with E-state index >= 15 is 0 Å². The van der Waals surface area contributed by atoms with Gasteiger partial charge in [-0.1, -0.05) is 6.07 Å². The Kier molecular flexibility index (Phi) is 1.92. The molecule has 0 atom stereocenters.